The van der Waals surface area contributed by atoms with E-state index in [0.717, 1.165) is 11.5 Å². The van der Waals surface area contributed by atoms with Crippen LogP contribution in [-0.4, -0.2) is 79.6 Å². The lowest BCUT2D eigenvalue weighted by Crippen LogP contribution is -2.71. The van der Waals surface area contributed by atoms with Crippen molar-refractivity contribution < 1.29 is 38.2 Å². The van der Waals surface area contributed by atoms with E-state index < -0.39 is 46.5 Å². The molecule has 4 aromatic carbocycles. The number of fused-ring (bicyclic) bond motifs is 1. The molecule has 1 fully saturated rings. The number of β-lactam (4-membered cyclic amide) rings is 1. The van der Waals surface area contributed by atoms with Gasteiger partial charge in [0.2, 0.25) is 22.3 Å². The molecule has 0 saturated carbocycles. The van der Waals surface area contributed by atoms with Gasteiger partial charge in [0.05, 0.1) is 7.11 Å². The zero-order valence-electron chi connectivity index (χ0n) is 33.5. The second-order valence-corrected chi connectivity index (χ2v) is 16.9. The van der Waals surface area contributed by atoms with Crippen LogP contribution in [0.2, 0.25) is 0 Å². The van der Waals surface area contributed by atoms with Gasteiger partial charge in [-0.15, -0.1) is 23.4 Å². The van der Waals surface area contributed by atoms with Crippen molar-refractivity contribution in [1.82, 2.24) is 19.6 Å². The largest absolute Gasteiger partial charge is 0.497 e. The number of hydrogen-bond donors (Lipinski definition) is 2. The van der Waals surface area contributed by atoms with Gasteiger partial charge in [-0.3, -0.25) is 19.8 Å². The second kappa shape index (κ2) is 18.6. The summed E-state index contributed by atoms with van der Waals surface area (Å²) in [5.41, 5.74) is 0.807. The maximum atomic E-state index is 14.5. The lowest BCUT2D eigenvalue weighted by atomic mass is 9.80. The predicted octanol–water partition coefficient (Wildman–Crippen LogP) is 7.24. The molecule has 2 aliphatic rings. The number of nitrogens with zero attached hydrogens (tertiary/aromatic N) is 4. The highest BCUT2D eigenvalue weighted by atomic mass is 35.5. The third kappa shape index (κ3) is 9.41. The maximum absolute atomic E-state index is 14.5. The number of halogens is 1. The topological polar surface area (TPSA) is 171 Å². The van der Waals surface area contributed by atoms with Crippen molar-refractivity contribution in [3.63, 3.8) is 0 Å². The van der Waals surface area contributed by atoms with E-state index in [1.807, 2.05) is 91.0 Å². The molecule has 5 aromatic rings. The summed E-state index contributed by atoms with van der Waals surface area (Å²) < 4.78 is 20.6. The van der Waals surface area contributed by atoms with Crippen LogP contribution in [0.5, 0.6) is 5.75 Å². The fraction of sp³-hybridized carbons (Fsp3) is 0.250. The third-order valence-corrected chi connectivity index (χ3v) is 11.8. The number of esters is 1. The molecule has 3 heterocycles. The van der Waals surface area contributed by atoms with Crippen molar-refractivity contribution in [3.8, 4) is 5.75 Å². The normalized spacial score (nSPS) is 16.5. The van der Waals surface area contributed by atoms with Crippen molar-refractivity contribution >= 4 is 69.6 Å². The maximum Gasteiger partial charge on any atom is 0.414 e. The number of alkyl halides is 1. The number of thioether (sulfide) groups is 1. The quantitative estimate of drug-likeness (QED) is 0.0288. The van der Waals surface area contributed by atoms with Gasteiger partial charge >= 0.3 is 12.1 Å². The van der Waals surface area contributed by atoms with Gasteiger partial charge in [0, 0.05) is 39.9 Å². The second-order valence-electron chi connectivity index (χ2n) is 14.7. The summed E-state index contributed by atoms with van der Waals surface area (Å²) >= 11 is 8.41. The molecule has 2 N–H and O–H groups in total. The van der Waals surface area contributed by atoms with E-state index in [0.29, 0.717) is 39.3 Å². The average Bonchev–Trinajstić information content (AvgIpc) is 3.73. The standard InChI is InChI=1S/C44H41ClN6O8S2/c1-43(2,3)58-42(55)48-41-47-36(50-61-41)33(49-59-44(29-14-8-5-9-15-29,30-16-10-6-11-17-30)31-18-12-7-13-19-31)37(52)46-34-38(53)51-35(28(24-45)26-60-39(34)51)40(54)57-25-27-20-22-32(56-4)23-21-27/h5-23,34,39H,24-26H2,1-4H3,(H,46,52)(H,47,48,50,55)/b49-33+/t34-,39-/m1/s1. The first-order valence-corrected chi connectivity index (χ1v) is 21.4. The van der Waals surface area contributed by atoms with E-state index in [9.17, 15) is 19.2 Å². The Kier molecular flexibility index (Phi) is 13.1. The number of ether oxygens (including phenoxy) is 3. The molecule has 14 nitrogen and oxygen atoms in total. The van der Waals surface area contributed by atoms with Crippen LogP contribution in [0.25, 0.3) is 0 Å². The Morgan fingerprint density at radius 2 is 1.48 bits per heavy atom. The van der Waals surface area contributed by atoms with Crippen molar-refractivity contribution in [2.24, 2.45) is 5.16 Å². The number of benzene rings is 4. The fourth-order valence-corrected chi connectivity index (χ4v) is 8.89. The van der Waals surface area contributed by atoms with Crippen LogP contribution in [0.3, 0.4) is 0 Å². The van der Waals surface area contributed by atoms with Crippen LogP contribution >= 0.6 is 34.9 Å². The van der Waals surface area contributed by atoms with E-state index in [1.54, 1.807) is 52.1 Å². The van der Waals surface area contributed by atoms with Crippen LogP contribution in [0, 0.1) is 0 Å². The number of rotatable bonds is 14. The predicted molar refractivity (Wildman–Crippen MR) is 232 cm³/mol. The third-order valence-electron chi connectivity index (χ3n) is 9.49. The molecular weight excluding hydrogens is 840 g/mol. The Labute approximate surface area is 365 Å². The molecule has 3 amide bonds. The minimum absolute atomic E-state index is 0.0111. The first kappa shape index (κ1) is 42.9. The van der Waals surface area contributed by atoms with Gasteiger partial charge in [-0.25, -0.2) is 9.59 Å². The minimum atomic E-state index is -1.39. The van der Waals surface area contributed by atoms with Crippen molar-refractivity contribution in [2.45, 2.75) is 50.0 Å². The molecule has 2 atom stereocenters. The van der Waals surface area contributed by atoms with E-state index >= 15 is 0 Å². The zero-order chi connectivity index (χ0) is 43.1. The van der Waals surface area contributed by atoms with Gasteiger partial charge < -0.3 is 24.4 Å². The number of anilines is 1. The van der Waals surface area contributed by atoms with E-state index in [-0.39, 0.29) is 34.9 Å². The van der Waals surface area contributed by atoms with Crippen molar-refractivity contribution in [3.05, 3.63) is 155 Å². The first-order valence-electron chi connectivity index (χ1n) is 19.0. The number of amides is 3. The SMILES string of the molecule is COc1ccc(COC(=O)C2=C(CCl)CS[C@@H]3[C@H](NC(=O)/C(=N/OC(c4ccccc4)(c4ccccc4)c4ccccc4)c4nsc(NC(=O)OC(C)(C)C)n4)C(=O)N23)cc1. The van der Waals surface area contributed by atoms with Crippen LogP contribution < -0.4 is 15.4 Å². The summed E-state index contributed by atoms with van der Waals surface area (Å²) in [7, 11) is 1.56. The molecule has 61 heavy (non-hydrogen) atoms. The van der Waals surface area contributed by atoms with Gasteiger partial charge in [0.25, 0.3) is 11.8 Å². The van der Waals surface area contributed by atoms with Gasteiger partial charge in [-0.05, 0) is 44.0 Å². The smallest absolute Gasteiger partial charge is 0.414 e. The van der Waals surface area contributed by atoms with Gasteiger partial charge in [0.1, 0.15) is 35.1 Å². The number of carbonyl (C=O) groups excluding carboxylic acids is 4. The number of oxime groups is 1. The Bertz CT molecular complexity index is 2350. The van der Waals surface area contributed by atoms with Crippen LogP contribution in [0.4, 0.5) is 9.93 Å². The molecular formula is C44H41ClN6O8S2. The van der Waals surface area contributed by atoms with Crippen LogP contribution in [0.15, 0.2) is 132 Å². The van der Waals surface area contributed by atoms with E-state index in [4.69, 9.17) is 30.6 Å². The van der Waals surface area contributed by atoms with Gasteiger partial charge in [-0.1, -0.05) is 108 Å². The van der Waals surface area contributed by atoms with E-state index in [1.165, 1.54) is 16.7 Å². The van der Waals surface area contributed by atoms with Gasteiger partial charge in [0.15, 0.2) is 0 Å². The Balaban J connectivity index is 1.21. The summed E-state index contributed by atoms with van der Waals surface area (Å²) in [6.45, 7) is 5.11. The highest BCUT2D eigenvalue weighted by Gasteiger charge is 2.55. The number of aromatic nitrogens is 2. The monoisotopic (exact) mass is 880 g/mol. The first-order chi connectivity index (χ1) is 29.4. The highest BCUT2D eigenvalue weighted by molar-refractivity contribution is 8.00. The number of hydrogen-bond acceptors (Lipinski definition) is 13. The molecule has 0 spiro atoms. The molecule has 17 heteroatoms. The van der Waals surface area contributed by atoms with E-state index in [2.05, 4.69) is 25.1 Å². The summed E-state index contributed by atoms with van der Waals surface area (Å²) in [6, 6.07) is 34.2. The molecule has 0 radical (unpaired) electrons. The molecule has 1 aromatic heterocycles. The Hall–Kier alpha value is -6.23. The van der Waals surface area contributed by atoms with Crippen LogP contribution in [-0.2, 0) is 40.9 Å². The lowest BCUT2D eigenvalue weighted by Gasteiger charge is -2.49. The fourth-order valence-electron chi connectivity index (χ4n) is 6.66. The van der Waals surface area contributed by atoms with Crippen LogP contribution in [0.1, 0.15) is 48.8 Å². The summed E-state index contributed by atoms with van der Waals surface area (Å²) in [6.07, 6.45) is -0.775. The minimum Gasteiger partial charge on any atom is -0.497 e. The summed E-state index contributed by atoms with van der Waals surface area (Å²) in [5, 5.41) is 9.20. The molecule has 1 saturated heterocycles. The molecule has 314 valence electrons. The highest BCUT2D eigenvalue weighted by Crippen LogP contribution is 2.42. The molecule has 7 rings (SSSR count). The Morgan fingerprint density at radius 1 is 0.885 bits per heavy atom. The Morgan fingerprint density at radius 3 is 2.02 bits per heavy atom. The van der Waals surface area contributed by atoms with Gasteiger partial charge in [-0.2, -0.15) is 9.36 Å². The molecule has 0 aliphatic carbocycles. The van der Waals surface area contributed by atoms with Crippen molar-refractivity contribution in [2.75, 3.05) is 24.1 Å². The summed E-state index contributed by atoms with van der Waals surface area (Å²) in [4.78, 5) is 67.1. The molecule has 0 bridgehead atoms. The molecule has 2 aliphatic heterocycles. The zero-order valence-corrected chi connectivity index (χ0v) is 35.9. The molecule has 0 unspecified atom stereocenters. The number of methoxy groups -OCH3 is 1. The number of carbonyl (C=O) groups is 4. The summed E-state index contributed by atoms with van der Waals surface area (Å²) in [5.74, 6) is -1.37. The lowest BCUT2D eigenvalue weighted by molar-refractivity contribution is -0.153. The average molecular weight is 881 g/mol. The number of nitrogens with one attached hydrogen (secondary N) is 2. The van der Waals surface area contributed by atoms with Crippen molar-refractivity contribution in [1.29, 1.82) is 0 Å².